The topological polar surface area (TPSA) is 27.1 Å². The van der Waals surface area contributed by atoms with Crippen molar-refractivity contribution < 1.29 is 13.5 Å². The fourth-order valence-corrected chi connectivity index (χ4v) is 2.45. The third kappa shape index (κ3) is 2.94. The predicted octanol–water partition coefficient (Wildman–Crippen LogP) is 3.69. The Bertz CT molecular complexity index is 600. The zero-order valence-corrected chi connectivity index (χ0v) is 12.3. The van der Waals surface area contributed by atoms with Gasteiger partial charge in [-0.25, -0.2) is 13.8 Å². The van der Waals surface area contributed by atoms with Crippen molar-refractivity contribution in [3.05, 3.63) is 29.6 Å². The van der Waals surface area contributed by atoms with Crippen LogP contribution in [0.5, 0.6) is 0 Å². The SMILES string of the molecule is CCOCC(C)n1c(CCCl)nc2c(F)cc(F)cc21. The summed E-state index contributed by atoms with van der Waals surface area (Å²) < 4.78 is 34.5. The van der Waals surface area contributed by atoms with Crippen molar-refractivity contribution in [2.75, 3.05) is 19.1 Å². The van der Waals surface area contributed by atoms with Crippen molar-refractivity contribution in [3.8, 4) is 0 Å². The van der Waals surface area contributed by atoms with Gasteiger partial charge >= 0.3 is 0 Å². The molecule has 110 valence electrons. The van der Waals surface area contributed by atoms with Crippen LogP contribution in [0.25, 0.3) is 11.0 Å². The first kappa shape index (κ1) is 15.2. The highest BCUT2D eigenvalue weighted by molar-refractivity contribution is 6.17. The van der Waals surface area contributed by atoms with Crippen molar-refractivity contribution in [2.45, 2.75) is 26.3 Å². The fourth-order valence-electron chi connectivity index (χ4n) is 2.28. The normalized spacial score (nSPS) is 13.1. The van der Waals surface area contributed by atoms with Crippen LogP contribution in [-0.2, 0) is 11.2 Å². The molecule has 0 saturated carbocycles. The summed E-state index contributed by atoms with van der Waals surface area (Å²) in [7, 11) is 0. The van der Waals surface area contributed by atoms with E-state index in [0.29, 0.717) is 36.9 Å². The van der Waals surface area contributed by atoms with E-state index in [0.717, 1.165) is 6.07 Å². The summed E-state index contributed by atoms with van der Waals surface area (Å²) in [6.45, 7) is 4.87. The minimum atomic E-state index is -0.654. The lowest BCUT2D eigenvalue weighted by Crippen LogP contribution is -2.15. The molecule has 1 heterocycles. The number of alkyl halides is 1. The van der Waals surface area contributed by atoms with Crippen molar-refractivity contribution in [3.63, 3.8) is 0 Å². The number of aryl methyl sites for hydroxylation is 1. The van der Waals surface area contributed by atoms with Crippen molar-refractivity contribution >= 4 is 22.6 Å². The highest BCUT2D eigenvalue weighted by Crippen LogP contribution is 2.25. The van der Waals surface area contributed by atoms with Crippen LogP contribution in [0, 0.1) is 11.6 Å². The van der Waals surface area contributed by atoms with E-state index in [4.69, 9.17) is 16.3 Å². The number of nitrogens with zero attached hydrogens (tertiary/aromatic N) is 2. The summed E-state index contributed by atoms with van der Waals surface area (Å²) in [5.41, 5.74) is 0.615. The van der Waals surface area contributed by atoms with Gasteiger partial charge in [-0.1, -0.05) is 0 Å². The van der Waals surface area contributed by atoms with Gasteiger partial charge in [0, 0.05) is 25.0 Å². The Labute approximate surface area is 121 Å². The highest BCUT2D eigenvalue weighted by atomic mass is 35.5. The quantitative estimate of drug-likeness (QED) is 0.761. The maximum Gasteiger partial charge on any atom is 0.153 e. The van der Waals surface area contributed by atoms with Crippen LogP contribution in [0.3, 0.4) is 0 Å². The number of hydrogen-bond donors (Lipinski definition) is 0. The number of hydrogen-bond acceptors (Lipinski definition) is 2. The number of halogens is 3. The van der Waals surface area contributed by atoms with E-state index in [1.165, 1.54) is 6.07 Å². The van der Waals surface area contributed by atoms with Crippen molar-refractivity contribution in [2.24, 2.45) is 0 Å². The molecule has 1 atom stereocenters. The van der Waals surface area contributed by atoms with Gasteiger partial charge in [0.05, 0.1) is 18.2 Å². The molecule has 0 N–H and O–H groups in total. The minimum Gasteiger partial charge on any atom is -0.380 e. The minimum absolute atomic E-state index is 0.0700. The number of imidazole rings is 1. The Morgan fingerprint density at radius 1 is 1.40 bits per heavy atom. The monoisotopic (exact) mass is 302 g/mol. The van der Waals surface area contributed by atoms with Gasteiger partial charge < -0.3 is 9.30 Å². The highest BCUT2D eigenvalue weighted by Gasteiger charge is 2.19. The van der Waals surface area contributed by atoms with Crippen LogP contribution >= 0.6 is 11.6 Å². The molecule has 0 saturated heterocycles. The van der Waals surface area contributed by atoms with Crippen LogP contribution in [0.2, 0.25) is 0 Å². The first-order chi connectivity index (χ1) is 9.58. The fraction of sp³-hybridized carbons (Fsp3) is 0.500. The predicted molar refractivity (Wildman–Crippen MR) is 75.3 cm³/mol. The Morgan fingerprint density at radius 2 is 2.15 bits per heavy atom. The third-order valence-electron chi connectivity index (χ3n) is 3.11. The first-order valence-corrected chi connectivity index (χ1v) is 7.11. The van der Waals surface area contributed by atoms with E-state index in [1.54, 1.807) is 4.57 Å². The number of aromatic nitrogens is 2. The Balaban J connectivity index is 2.55. The molecular weight excluding hydrogens is 286 g/mol. The summed E-state index contributed by atoms with van der Waals surface area (Å²) in [4.78, 5) is 4.25. The molecular formula is C14H17ClF2N2O. The molecule has 0 spiro atoms. The molecule has 1 unspecified atom stereocenters. The zero-order chi connectivity index (χ0) is 14.7. The lowest BCUT2D eigenvalue weighted by molar-refractivity contribution is 0.119. The maximum atomic E-state index is 13.8. The summed E-state index contributed by atoms with van der Waals surface area (Å²) >= 11 is 5.76. The van der Waals surface area contributed by atoms with E-state index in [2.05, 4.69) is 4.98 Å². The molecule has 2 aromatic rings. The summed E-state index contributed by atoms with van der Waals surface area (Å²) in [5, 5.41) is 0. The maximum absolute atomic E-state index is 13.8. The summed E-state index contributed by atoms with van der Waals surface area (Å²) in [5.74, 6) is -0.253. The Hall–Kier alpha value is -1.20. The van der Waals surface area contributed by atoms with Crippen LogP contribution in [0.1, 0.15) is 25.7 Å². The Kier molecular flexibility index (Phi) is 4.94. The lowest BCUT2D eigenvalue weighted by atomic mass is 10.2. The largest absolute Gasteiger partial charge is 0.380 e. The van der Waals surface area contributed by atoms with E-state index in [-0.39, 0.29) is 11.6 Å². The molecule has 0 aliphatic rings. The molecule has 0 radical (unpaired) electrons. The number of benzene rings is 1. The van der Waals surface area contributed by atoms with Crippen LogP contribution in [0.15, 0.2) is 12.1 Å². The molecule has 0 aliphatic heterocycles. The average molecular weight is 303 g/mol. The molecule has 6 heteroatoms. The number of rotatable bonds is 6. The van der Waals surface area contributed by atoms with Crippen LogP contribution < -0.4 is 0 Å². The molecule has 1 aromatic carbocycles. The van der Waals surface area contributed by atoms with Gasteiger partial charge in [-0.3, -0.25) is 0 Å². The molecule has 0 aliphatic carbocycles. The van der Waals surface area contributed by atoms with Gasteiger partial charge in [-0.05, 0) is 19.9 Å². The van der Waals surface area contributed by atoms with Crippen molar-refractivity contribution in [1.29, 1.82) is 0 Å². The van der Waals surface area contributed by atoms with Gasteiger partial charge in [-0.15, -0.1) is 11.6 Å². The second kappa shape index (κ2) is 6.50. The van der Waals surface area contributed by atoms with Gasteiger partial charge in [-0.2, -0.15) is 0 Å². The lowest BCUT2D eigenvalue weighted by Gasteiger charge is -2.17. The standard InChI is InChI=1S/C14H17ClF2N2O/c1-3-20-8-9(2)19-12-7-10(16)6-11(17)14(12)18-13(19)4-5-15/h6-7,9H,3-5,8H2,1-2H3. The van der Waals surface area contributed by atoms with Gasteiger partial charge in [0.25, 0.3) is 0 Å². The Morgan fingerprint density at radius 3 is 2.80 bits per heavy atom. The molecule has 0 fully saturated rings. The molecule has 3 nitrogen and oxygen atoms in total. The van der Waals surface area contributed by atoms with Gasteiger partial charge in [0.15, 0.2) is 5.82 Å². The van der Waals surface area contributed by atoms with E-state index in [1.807, 2.05) is 13.8 Å². The van der Waals surface area contributed by atoms with Crippen molar-refractivity contribution in [1.82, 2.24) is 9.55 Å². The summed E-state index contributed by atoms with van der Waals surface area (Å²) in [6.07, 6.45) is 0.494. The molecule has 1 aromatic heterocycles. The average Bonchev–Trinajstić information content (AvgIpc) is 2.75. The van der Waals surface area contributed by atoms with Gasteiger partial charge in [0.2, 0.25) is 0 Å². The number of fused-ring (bicyclic) bond motifs is 1. The smallest absolute Gasteiger partial charge is 0.153 e. The van der Waals surface area contributed by atoms with E-state index >= 15 is 0 Å². The van der Waals surface area contributed by atoms with E-state index in [9.17, 15) is 8.78 Å². The van der Waals surface area contributed by atoms with Crippen LogP contribution in [-0.4, -0.2) is 28.6 Å². The van der Waals surface area contributed by atoms with Crippen LogP contribution in [0.4, 0.5) is 8.78 Å². The second-order valence-corrected chi connectivity index (χ2v) is 4.98. The zero-order valence-electron chi connectivity index (χ0n) is 11.5. The second-order valence-electron chi connectivity index (χ2n) is 4.60. The van der Waals surface area contributed by atoms with Gasteiger partial charge in [0.1, 0.15) is 17.2 Å². The molecule has 0 amide bonds. The molecule has 0 bridgehead atoms. The van der Waals surface area contributed by atoms with E-state index < -0.39 is 11.6 Å². The number of ether oxygens (including phenoxy) is 1. The third-order valence-corrected chi connectivity index (χ3v) is 3.30. The summed E-state index contributed by atoms with van der Waals surface area (Å²) in [6, 6.07) is 2.07. The molecule has 2 rings (SSSR count). The molecule has 20 heavy (non-hydrogen) atoms. The first-order valence-electron chi connectivity index (χ1n) is 6.58.